The Morgan fingerprint density at radius 3 is 2.44 bits per heavy atom. The fraction of sp³-hybridized carbons (Fsp3) is 0.536. The lowest BCUT2D eigenvalue weighted by atomic mass is 9.80. The van der Waals surface area contributed by atoms with Gasteiger partial charge in [0.2, 0.25) is 0 Å². The van der Waals surface area contributed by atoms with E-state index in [1.165, 1.54) is 5.56 Å². The highest BCUT2D eigenvalue weighted by molar-refractivity contribution is 6.00. The van der Waals surface area contributed by atoms with Crippen molar-refractivity contribution in [3.05, 3.63) is 65.7 Å². The van der Waals surface area contributed by atoms with Crippen LogP contribution >= 0.6 is 0 Å². The number of rotatable bonds is 5. The number of carbonyl (C=O) groups excluding carboxylic acids is 1. The van der Waals surface area contributed by atoms with Crippen molar-refractivity contribution in [2.24, 2.45) is 0 Å². The van der Waals surface area contributed by atoms with Crippen molar-refractivity contribution >= 4 is 11.6 Å². The molecule has 1 amide bonds. The van der Waals surface area contributed by atoms with E-state index in [-0.39, 0.29) is 23.7 Å². The second-order valence-electron chi connectivity index (χ2n) is 9.63. The summed E-state index contributed by atoms with van der Waals surface area (Å²) in [5, 5.41) is 0. The number of likely N-dealkylation sites (tertiary alicyclic amines) is 1. The Hall–Kier alpha value is -2.41. The van der Waals surface area contributed by atoms with Crippen LogP contribution in [0.25, 0.3) is 0 Å². The number of benzene rings is 2. The summed E-state index contributed by atoms with van der Waals surface area (Å²) >= 11 is 0. The lowest BCUT2D eigenvalue weighted by Gasteiger charge is -2.49. The maximum absolute atomic E-state index is 13.6. The van der Waals surface area contributed by atoms with Crippen LogP contribution in [0.1, 0.15) is 54.6 Å². The second kappa shape index (κ2) is 10.5. The summed E-state index contributed by atoms with van der Waals surface area (Å²) in [6.45, 7) is 7.23. The number of carbonyl (C=O) groups is 1. The number of morpholine rings is 1. The van der Waals surface area contributed by atoms with E-state index in [0.29, 0.717) is 32.9 Å². The monoisotopic (exact) mass is 464 g/mol. The van der Waals surface area contributed by atoms with Crippen molar-refractivity contribution in [1.82, 2.24) is 4.90 Å². The Morgan fingerprint density at radius 1 is 1.00 bits per heavy atom. The first kappa shape index (κ1) is 23.3. The molecule has 0 bridgehead atoms. The van der Waals surface area contributed by atoms with Crippen molar-refractivity contribution in [2.75, 3.05) is 50.9 Å². The number of hydrogen-bond donors (Lipinski definition) is 0. The number of ether oxygens (including phenoxy) is 3. The Bertz CT molecular complexity index is 952. The van der Waals surface area contributed by atoms with E-state index in [2.05, 4.69) is 42.2 Å². The molecular weight excluding hydrogens is 428 g/mol. The van der Waals surface area contributed by atoms with Crippen LogP contribution in [0.5, 0.6) is 0 Å². The molecule has 34 heavy (non-hydrogen) atoms. The van der Waals surface area contributed by atoms with Gasteiger partial charge in [-0.05, 0) is 37.5 Å². The highest BCUT2D eigenvalue weighted by Crippen LogP contribution is 2.44. The molecule has 182 valence electrons. The van der Waals surface area contributed by atoms with Gasteiger partial charge < -0.3 is 24.0 Å². The van der Waals surface area contributed by atoms with E-state index in [1.54, 1.807) is 0 Å². The van der Waals surface area contributed by atoms with Gasteiger partial charge in [-0.15, -0.1) is 0 Å². The fourth-order valence-electron chi connectivity index (χ4n) is 5.71. The minimum atomic E-state index is -0.237. The third-order valence-electron chi connectivity index (χ3n) is 7.49. The molecule has 3 aliphatic heterocycles. The molecule has 6 nitrogen and oxygen atoms in total. The van der Waals surface area contributed by atoms with Gasteiger partial charge >= 0.3 is 0 Å². The number of hydrogen-bond acceptors (Lipinski definition) is 5. The summed E-state index contributed by atoms with van der Waals surface area (Å²) in [7, 11) is 0. The van der Waals surface area contributed by atoms with E-state index in [4.69, 9.17) is 14.2 Å². The second-order valence-corrected chi connectivity index (χ2v) is 9.63. The van der Waals surface area contributed by atoms with Crippen molar-refractivity contribution < 1.29 is 19.0 Å². The first-order valence-electron chi connectivity index (χ1n) is 12.7. The SMILES string of the molecule is CCOC1CC(c2ccccc2)OC2(CCN(C(=O)c3ccccc3N3CCOCC3)CC2)C1. The summed E-state index contributed by atoms with van der Waals surface area (Å²) in [5.74, 6) is 0.119. The average Bonchev–Trinajstić information content (AvgIpc) is 2.90. The van der Waals surface area contributed by atoms with Crippen LogP contribution in [-0.4, -0.2) is 68.5 Å². The number of anilines is 1. The van der Waals surface area contributed by atoms with Crippen molar-refractivity contribution in [1.29, 1.82) is 0 Å². The predicted octanol–water partition coefficient (Wildman–Crippen LogP) is 4.45. The predicted molar refractivity (Wildman–Crippen MR) is 132 cm³/mol. The van der Waals surface area contributed by atoms with E-state index < -0.39 is 0 Å². The van der Waals surface area contributed by atoms with Crippen LogP contribution in [0.4, 0.5) is 5.69 Å². The Morgan fingerprint density at radius 2 is 1.71 bits per heavy atom. The number of para-hydroxylation sites is 1. The molecule has 2 aromatic carbocycles. The quantitative estimate of drug-likeness (QED) is 0.654. The highest BCUT2D eigenvalue weighted by atomic mass is 16.5. The summed E-state index contributed by atoms with van der Waals surface area (Å²) in [6.07, 6.45) is 3.69. The lowest BCUT2D eigenvalue weighted by molar-refractivity contribution is -0.190. The Labute approximate surface area is 202 Å². The largest absolute Gasteiger partial charge is 0.378 e. The Kier molecular flexibility index (Phi) is 7.18. The molecule has 2 aromatic rings. The fourth-order valence-corrected chi connectivity index (χ4v) is 5.71. The molecule has 3 saturated heterocycles. The van der Waals surface area contributed by atoms with Gasteiger partial charge in [0.25, 0.3) is 5.91 Å². The number of amides is 1. The first-order valence-corrected chi connectivity index (χ1v) is 12.7. The van der Waals surface area contributed by atoms with Gasteiger partial charge in [0, 0.05) is 51.3 Å². The Balaban J connectivity index is 1.29. The minimum Gasteiger partial charge on any atom is -0.378 e. The molecule has 0 radical (unpaired) electrons. The van der Waals surface area contributed by atoms with Gasteiger partial charge in [0.05, 0.1) is 36.6 Å². The molecule has 3 fully saturated rings. The topological polar surface area (TPSA) is 51.2 Å². The third-order valence-corrected chi connectivity index (χ3v) is 7.49. The zero-order chi connectivity index (χ0) is 23.4. The van der Waals surface area contributed by atoms with Crippen LogP contribution in [0.15, 0.2) is 54.6 Å². The first-order chi connectivity index (χ1) is 16.7. The normalized spacial score (nSPS) is 24.9. The van der Waals surface area contributed by atoms with Crippen LogP contribution in [0.3, 0.4) is 0 Å². The van der Waals surface area contributed by atoms with Crippen molar-refractivity contribution in [3.63, 3.8) is 0 Å². The molecule has 5 rings (SSSR count). The number of piperidine rings is 1. The smallest absolute Gasteiger partial charge is 0.255 e. The summed E-state index contributed by atoms with van der Waals surface area (Å²) in [5.41, 5.74) is 2.79. The zero-order valence-corrected chi connectivity index (χ0v) is 20.2. The van der Waals surface area contributed by atoms with E-state index >= 15 is 0 Å². The van der Waals surface area contributed by atoms with E-state index in [9.17, 15) is 4.79 Å². The maximum Gasteiger partial charge on any atom is 0.255 e. The minimum absolute atomic E-state index is 0.0378. The molecular formula is C28H36N2O4. The summed E-state index contributed by atoms with van der Waals surface area (Å²) in [6, 6.07) is 18.5. The summed E-state index contributed by atoms with van der Waals surface area (Å²) < 4.78 is 18.4. The van der Waals surface area contributed by atoms with Crippen LogP contribution in [-0.2, 0) is 14.2 Å². The van der Waals surface area contributed by atoms with Gasteiger partial charge in [0.1, 0.15) is 0 Å². The van der Waals surface area contributed by atoms with Crippen LogP contribution in [0.2, 0.25) is 0 Å². The highest BCUT2D eigenvalue weighted by Gasteiger charge is 2.45. The van der Waals surface area contributed by atoms with Gasteiger partial charge in [0.15, 0.2) is 0 Å². The molecule has 3 aliphatic rings. The zero-order valence-electron chi connectivity index (χ0n) is 20.2. The molecule has 0 N–H and O–H groups in total. The van der Waals surface area contributed by atoms with Gasteiger partial charge in [-0.25, -0.2) is 0 Å². The molecule has 2 unspecified atom stereocenters. The number of nitrogens with zero attached hydrogens (tertiary/aromatic N) is 2. The van der Waals surface area contributed by atoms with Crippen LogP contribution < -0.4 is 4.90 Å². The molecule has 6 heteroatoms. The molecule has 0 aromatic heterocycles. The third kappa shape index (κ3) is 4.99. The van der Waals surface area contributed by atoms with E-state index in [0.717, 1.165) is 50.0 Å². The summed E-state index contributed by atoms with van der Waals surface area (Å²) in [4.78, 5) is 17.9. The molecule has 2 atom stereocenters. The van der Waals surface area contributed by atoms with Crippen molar-refractivity contribution in [3.8, 4) is 0 Å². The van der Waals surface area contributed by atoms with Gasteiger partial charge in [-0.1, -0.05) is 42.5 Å². The molecule has 1 spiro atoms. The van der Waals surface area contributed by atoms with Gasteiger partial charge in [-0.3, -0.25) is 4.79 Å². The molecule has 3 heterocycles. The lowest BCUT2D eigenvalue weighted by Crippen LogP contribution is -2.52. The standard InChI is InChI=1S/C28H36N2O4/c1-2-33-23-20-26(22-8-4-3-5-9-22)34-28(21-23)12-14-30(15-13-28)27(31)24-10-6-7-11-25(24)29-16-18-32-19-17-29/h3-11,23,26H,2,12-21H2,1H3. The molecule has 0 aliphatic carbocycles. The van der Waals surface area contributed by atoms with Crippen LogP contribution in [0, 0.1) is 0 Å². The molecule has 0 saturated carbocycles. The maximum atomic E-state index is 13.6. The van der Waals surface area contributed by atoms with Gasteiger partial charge in [-0.2, -0.15) is 0 Å². The van der Waals surface area contributed by atoms with E-state index in [1.807, 2.05) is 29.2 Å². The van der Waals surface area contributed by atoms with Crippen molar-refractivity contribution in [2.45, 2.75) is 50.4 Å². The average molecular weight is 465 g/mol.